The fourth-order valence-electron chi connectivity index (χ4n) is 2.90. The van der Waals surface area contributed by atoms with Gasteiger partial charge in [-0.2, -0.15) is 0 Å². The maximum atomic E-state index is 13.3. The van der Waals surface area contributed by atoms with Crippen LogP contribution in [-0.2, 0) is 13.0 Å². The molecule has 0 aromatic heterocycles. The highest BCUT2D eigenvalue weighted by Crippen LogP contribution is 2.33. The Labute approximate surface area is 133 Å². The number of anilines is 1. The van der Waals surface area contributed by atoms with Crippen molar-refractivity contribution in [3.8, 4) is 0 Å². The highest BCUT2D eigenvalue weighted by atomic mass is 32.1. The Morgan fingerprint density at radius 1 is 1.27 bits per heavy atom. The van der Waals surface area contributed by atoms with Crippen molar-refractivity contribution >= 4 is 24.0 Å². The monoisotopic (exact) mass is 318 g/mol. The van der Waals surface area contributed by atoms with E-state index in [9.17, 15) is 14.5 Å². The highest BCUT2D eigenvalue weighted by Gasteiger charge is 2.21. The quantitative estimate of drug-likeness (QED) is 0.519. The fourth-order valence-corrected chi connectivity index (χ4v) is 3.29. The molecular formula is C16H15FN2O2S. The third-order valence-corrected chi connectivity index (χ3v) is 4.33. The number of nitrogens with zero attached hydrogens (tertiary/aromatic N) is 2. The third kappa shape index (κ3) is 2.66. The number of fused-ring (bicyclic) bond motifs is 1. The van der Waals surface area contributed by atoms with E-state index in [0.29, 0.717) is 17.0 Å². The summed E-state index contributed by atoms with van der Waals surface area (Å²) < 4.78 is 13.3. The first-order valence-corrected chi connectivity index (χ1v) is 7.40. The van der Waals surface area contributed by atoms with Gasteiger partial charge < -0.3 is 4.90 Å². The minimum Gasteiger partial charge on any atom is -0.367 e. The Morgan fingerprint density at radius 2 is 2.05 bits per heavy atom. The first-order chi connectivity index (χ1) is 10.5. The average molecular weight is 318 g/mol. The summed E-state index contributed by atoms with van der Waals surface area (Å²) in [5, 5.41) is 11.0. The Kier molecular flexibility index (Phi) is 3.78. The Balaban J connectivity index is 1.93. The zero-order valence-electron chi connectivity index (χ0n) is 12.0. The highest BCUT2D eigenvalue weighted by molar-refractivity contribution is 7.80. The van der Waals surface area contributed by atoms with Crippen LogP contribution in [0.4, 0.5) is 15.8 Å². The Bertz CT molecular complexity index is 741. The summed E-state index contributed by atoms with van der Waals surface area (Å²) in [6.45, 7) is 3.13. The van der Waals surface area contributed by atoms with Gasteiger partial charge in [-0.05, 0) is 48.7 Å². The topological polar surface area (TPSA) is 46.4 Å². The van der Waals surface area contributed by atoms with Gasteiger partial charge in [0.2, 0.25) is 0 Å². The molecule has 0 atom stereocenters. The molecule has 1 heterocycles. The molecule has 0 aliphatic carbocycles. The molecule has 6 heteroatoms. The van der Waals surface area contributed by atoms with Gasteiger partial charge in [-0.15, -0.1) is 12.6 Å². The third-order valence-electron chi connectivity index (χ3n) is 3.99. The molecule has 3 rings (SSSR count). The summed E-state index contributed by atoms with van der Waals surface area (Å²) in [5.74, 6) is -0.212. The zero-order valence-corrected chi connectivity index (χ0v) is 12.9. The molecule has 0 radical (unpaired) electrons. The smallest absolute Gasteiger partial charge is 0.285 e. The van der Waals surface area contributed by atoms with Gasteiger partial charge in [0.05, 0.1) is 9.82 Å². The van der Waals surface area contributed by atoms with E-state index in [0.717, 1.165) is 29.8 Å². The minimum atomic E-state index is -0.407. The number of benzene rings is 2. The second-order valence-electron chi connectivity index (χ2n) is 5.47. The van der Waals surface area contributed by atoms with Crippen molar-refractivity contribution in [2.75, 3.05) is 11.4 Å². The van der Waals surface area contributed by atoms with Gasteiger partial charge in [0.15, 0.2) is 0 Å². The van der Waals surface area contributed by atoms with Crippen LogP contribution in [0.5, 0.6) is 0 Å². The molecular weight excluding hydrogens is 303 g/mol. The van der Waals surface area contributed by atoms with Gasteiger partial charge in [0.25, 0.3) is 5.69 Å². The lowest BCUT2D eigenvalue weighted by Crippen LogP contribution is -2.30. The van der Waals surface area contributed by atoms with E-state index in [4.69, 9.17) is 0 Å². The number of rotatable bonds is 2. The molecule has 4 nitrogen and oxygen atoms in total. The van der Waals surface area contributed by atoms with E-state index >= 15 is 0 Å². The summed E-state index contributed by atoms with van der Waals surface area (Å²) >= 11 is 4.25. The fraction of sp³-hybridized carbons (Fsp3) is 0.250. The van der Waals surface area contributed by atoms with Gasteiger partial charge in [-0.25, -0.2) is 4.39 Å². The van der Waals surface area contributed by atoms with Gasteiger partial charge >= 0.3 is 0 Å². The number of hydrogen-bond donors (Lipinski definition) is 1. The van der Waals surface area contributed by atoms with Crippen LogP contribution in [0.15, 0.2) is 35.2 Å². The SMILES string of the molecule is Cc1cc(N2CCc3cc(F)ccc3C2)cc(S)c1[N+](=O)[O-]. The number of aryl methyl sites for hydroxylation is 1. The second kappa shape index (κ2) is 5.61. The lowest BCUT2D eigenvalue weighted by molar-refractivity contribution is -0.388. The molecule has 0 N–H and O–H groups in total. The number of halogens is 1. The maximum absolute atomic E-state index is 13.3. The molecule has 22 heavy (non-hydrogen) atoms. The molecule has 0 saturated heterocycles. The summed E-state index contributed by atoms with van der Waals surface area (Å²) in [6, 6.07) is 8.39. The van der Waals surface area contributed by atoms with Crippen LogP contribution >= 0.6 is 12.6 Å². The molecule has 114 valence electrons. The Hall–Kier alpha value is -2.08. The van der Waals surface area contributed by atoms with E-state index < -0.39 is 4.92 Å². The molecule has 1 aliphatic rings. The van der Waals surface area contributed by atoms with Gasteiger partial charge in [0, 0.05) is 24.3 Å². The van der Waals surface area contributed by atoms with Crippen LogP contribution in [0.1, 0.15) is 16.7 Å². The summed E-state index contributed by atoms with van der Waals surface area (Å²) in [7, 11) is 0. The van der Waals surface area contributed by atoms with E-state index in [1.165, 1.54) is 6.07 Å². The van der Waals surface area contributed by atoms with Crippen molar-refractivity contribution in [3.05, 3.63) is 63.0 Å². The van der Waals surface area contributed by atoms with Crippen LogP contribution in [0.25, 0.3) is 0 Å². The summed E-state index contributed by atoms with van der Waals surface area (Å²) in [6.07, 6.45) is 0.755. The van der Waals surface area contributed by atoms with Crippen molar-refractivity contribution in [2.45, 2.75) is 24.8 Å². The van der Waals surface area contributed by atoms with Crippen LogP contribution in [0.3, 0.4) is 0 Å². The van der Waals surface area contributed by atoms with Crippen molar-refractivity contribution < 1.29 is 9.31 Å². The molecule has 0 bridgehead atoms. The standard InChI is InChI=1S/C16H15FN2O2S/c1-10-6-14(8-15(22)16(10)19(20)21)18-5-4-11-7-13(17)3-2-12(11)9-18/h2-3,6-8,22H,4-5,9H2,1H3. The van der Waals surface area contributed by atoms with E-state index in [1.54, 1.807) is 25.1 Å². The summed E-state index contributed by atoms with van der Waals surface area (Å²) in [5.41, 5.74) is 3.66. The number of nitro benzene ring substituents is 1. The molecule has 0 unspecified atom stereocenters. The first kappa shape index (κ1) is 14.8. The molecule has 1 aliphatic heterocycles. The number of thiol groups is 1. The van der Waals surface area contributed by atoms with E-state index in [1.807, 2.05) is 6.07 Å². The molecule has 0 amide bonds. The molecule has 0 spiro atoms. The van der Waals surface area contributed by atoms with E-state index in [-0.39, 0.29) is 11.5 Å². The predicted molar refractivity (Wildman–Crippen MR) is 86.2 cm³/mol. The molecule has 0 saturated carbocycles. The van der Waals surface area contributed by atoms with E-state index in [2.05, 4.69) is 17.5 Å². The first-order valence-electron chi connectivity index (χ1n) is 6.96. The van der Waals surface area contributed by atoms with Crippen molar-refractivity contribution in [3.63, 3.8) is 0 Å². The van der Waals surface area contributed by atoms with Gasteiger partial charge in [0.1, 0.15) is 5.82 Å². The lowest BCUT2D eigenvalue weighted by Gasteiger charge is -2.31. The Morgan fingerprint density at radius 3 is 2.73 bits per heavy atom. The average Bonchev–Trinajstić information content (AvgIpc) is 2.45. The molecule has 2 aromatic rings. The van der Waals surface area contributed by atoms with Crippen molar-refractivity contribution in [1.29, 1.82) is 0 Å². The zero-order chi connectivity index (χ0) is 15.9. The van der Waals surface area contributed by atoms with Crippen molar-refractivity contribution in [1.82, 2.24) is 0 Å². The van der Waals surface area contributed by atoms with Gasteiger partial charge in [-0.3, -0.25) is 10.1 Å². The van der Waals surface area contributed by atoms with Crippen LogP contribution in [0, 0.1) is 22.9 Å². The number of nitro groups is 1. The predicted octanol–water partition coefficient (Wildman–Crippen LogP) is 3.89. The lowest BCUT2D eigenvalue weighted by atomic mass is 9.99. The molecule has 2 aromatic carbocycles. The van der Waals surface area contributed by atoms with Gasteiger partial charge in [-0.1, -0.05) is 6.07 Å². The maximum Gasteiger partial charge on any atom is 0.285 e. The van der Waals surface area contributed by atoms with Crippen LogP contribution < -0.4 is 4.90 Å². The minimum absolute atomic E-state index is 0.0477. The summed E-state index contributed by atoms with van der Waals surface area (Å²) in [4.78, 5) is 13.1. The van der Waals surface area contributed by atoms with Crippen LogP contribution in [-0.4, -0.2) is 11.5 Å². The largest absolute Gasteiger partial charge is 0.367 e. The number of hydrogen-bond acceptors (Lipinski definition) is 4. The molecule has 0 fully saturated rings. The van der Waals surface area contributed by atoms with Crippen molar-refractivity contribution in [2.24, 2.45) is 0 Å². The second-order valence-corrected chi connectivity index (χ2v) is 5.95. The van der Waals surface area contributed by atoms with Crippen LogP contribution in [0.2, 0.25) is 0 Å². The normalized spacial score (nSPS) is 13.9.